The van der Waals surface area contributed by atoms with E-state index in [1.807, 2.05) is 6.92 Å². The van der Waals surface area contributed by atoms with E-state index in [4.69, 9.17) is 5.73 Å². The van der Waals surface area contributed by atoms with Gasteiger partial charge in [-0.25, -0.2) is 0 Å². The second-order valence-electron chi connectivity index (χ2n) is 5.18. The van der Waals surface area contributed by atoms with E-state index in [-0.39, 0.29) is 23.2 Å². The van der Waals surface area contributed by atoms with Gasteiger partial charge in [0.05, 0.1) is 11.5 Å². The molecular weight excluding hydrogens is 392 g/mol. The van der Waals surface area contributed by atoms with Crippen LogP contribution in [0.2, 0.25) is 0 Å². The Labute approximate surface area is 163 Å². The van der Waals surface area contributed by atoms with Crippen molar-refractivity contribution >= 4 is 58.1 Å². The summed E-state index contributed by atoms with van der Waals surface area (Å²) >= 11 is 3.85. The van der Waals surface area contributed by atoms with Crippen molar-refractivity contribution in [3.05, 3.63) is 29.8 Å². The summed E-state index contributed by atoms with van der Waals surface area (Å²) in [5, 5.41) is 10.7. The minimum absolute atomic E-state index is 0.0385. The van der Waals surface area contributed by atoms with Crippen LogP contribution in [0.25, 0.3) is 0 Å². The fourth-order valence-electron chi connectivity index (χ4n) is 1.85. The summed E-state index contributed by atoms with van der Waals surface area (Å²) in [4.78, 5) is 34.6. The van der Waals surface area contributed by atoms with Crippen LogP contribution >= 0.6 is 34.9 Å². The highest BCUT2D eigenvalue weighted by molar-refractivity contribution is 8.03. The molecule has 0 atom stereocenters. The standard InChI is InChI=1S/C16H18N4O3S3/c1-2-3-14(23)18-11-6-4-10(5-7-11)12(21)8-24-15-19-20-16(26-15)25-9-13(17)22/h4-7H,2-3,8-9H2,1H3,(H2,17,22)(H,18,23). The molecule has 3 N–H and O–H groups in total. The van der Waals surface area contributed by atoms with E-state index in [0.29, 0.717) is 26.4 Å². The number of Topliss-reactive ketones (excluding diaryl/α,β-unsaturated/α-hetero) is 1. The lowest BCUT2D eigenvalue weighted by molar-refractivity contribution is -0.116. The Morgan fingerprint density at radius 2 is 1.69 bits per heavy atom. The van der Waals surface area contributed by atoms with E-state index >= 15 is 0 Å². The summed E-state index contributed by atoms with van der Waals surface area (Å²) in [5.74, 6) is -0.106. The van der Waals surface area contributed by atoms with Gasteiger partial charge in [-0.1, -0.05) is 41.8 Å². The van der Waals surface area contributed by atoms with Crippen molar-refractivity contribution in [2.24, 2.45) is 5.73 Å². The highest BCUT2D eigenvalue weighted by Crippen LogP contribution is 2.29. The number of primary amides is 1. The van der Waals surface area contributed by atoms with Gasteiger partial charge in [-0.3, -0.25) is 14.4 Å². The molecule has 7 nitrogen and oxygen atoms in total. The van der Waals surface area contributed by atoms with Gasteiger partial charge in [-0.2, -0.15) is 0 Å². The molecule has 2 amide bonds. The Morgan fingerprint density at radius 3 is 2.27 bits per heavy atom. The molecule has 0 saturated heterocycles. The van der Waals surface area contributed by atoms with Crippen molar-refractivity contribution in [2.75, 3.05) is 16.8 Å². The van der Waals surface area contributed by atoms with Crippen molar-refractivity contribution < 1.29 is 14.4 Å². The number of thioether (sulfide) groups is 2. The number of nitrogens with two attached hydrogens (primary N) is 1. The zero-order valence-corrected chi connectivity index (χ0v) is 16.5. The van der Waals surface area contributed by atoms with Gasteiger partial charge >= 0.3 is 0 Å². The number of ketones is 1. The normalized spacial score (nSPS) is 10.5. The number of nitrogens with zero attached hydrogens (tertiary/aromatic N) is 2. The van der Waals surface area contributed by atoms with Crippen LogP contribution in [0.15, 0.2) is 32.9 Å². The third-order valence-corrected chi connectivity index (χ3v) is 6.23. The Hall–Kier alpha value is -1.91. The molecule has 2 aromatic rings. The molecule has 1 aromatic heterocycles. The van der Waals surface area contributed by atoms with Gasteiger partial charge < -0.3 is 11.1 Å². The zero-order valence-electron chi connectivity index (χ0n) is 14.1. The number of amides is 2. The monoisotopic (exact) mass is 410 g/mol. The molecule has 0 aliphatic carbocycles. The van der Waals surface area contributed by atoms with Gasteiger partial charge in [0.25, 0.3) is 0 Å². The first-order valence-corrected chi connectivity index (χ1v) is 10.6. The predicted molar refractivity (Wildman–Crippen MR) is 105 cm³/mol. The van der Waals surface area contributed by atoms with E-state index < -0.39 is 5.91 Å². The Bertz CT molecular complexity index is 777. The summed E-state index contributed by atoms with van der Waals surface area (Å²) < 4.78 is 1.31. The fraction of sp³-hybridized carbons (Fsp3) is 0.312. The second-order valence-corrected chi connectivity index (χ2v) is 8.60. The van der Waals surface area contributed by atoms with E-state index in [9.17, 15) is 14.4 Å². The number of aromatic nitrogens is 2. The van der Waals surface area contributed by atoms with Gasteiger partial charge in [0, 0.05) is 17.7 Å². The molecule has 0 aliphatic rings. The molecular formula is C16H18N4O3S3. The average molecular weight is 411 g/mol. The maximum atomic E-state index is 12.3. The highest BCUT2D eigenvalue weighted by atomic mass is 32.2. The Kier molecular flexibility index (Phi) is 8.07. The zero-order chi connectivity index (χ0) is 18.9. The van der Waals surface area contributed by atoms with Crippen LogP contribution in [-0.4, -0.2) is 39.3 Å². The molecule has 1 heterocycles. The Morgan fingerprint density at radius 1 is 1.08 bits per heavy atom. The number of carbonyl (C=O) groups is 3. The summed E-state index contributed by atoms with van der Waals surface area (Å²) in [7, 11) is 0. The lowest BCUT2D eigenvalue weighted by atomic mass is 10.1. The van der Waals surface area contributed by atoms with Crippen LogP contribution in [0.1, 0.15) is 30.1 Å². The highest BCUT2D eigenvalue weighted by Gasteiger charge is 2.11. The van der Waals surface area contributed by atoms with Crippen LogP contribution in [0.4, 0.5) is 5.69 Å². The van der Waals surface area contributed by atoms with Crippen molar-refractivity contribution in [2.45, 2.75) is 28.4 Å². The molecule has 0 spiro atoms. The first-order valence-electron chi connectivity index (χ1n) is 7.78. The largest absolute Gasteiger partial charge is 0.369 e. The number of rotatable bonds is 10. The van der Waals surface area contributed by atoms with E-state index in [1.165, 1.54) is 34.9 Å². The fourth-order valence-corrected chi connectivity index (χ4v) is 4.50. The molecule has 0 bridgehead atoms. The van der Waals surface area contributed by atoms with E-state index in [2.05, 4.69) is 15.5 Å². The van der Waals surface area contributed by atoms with Crippen LogP contribution in [0.3, 0.4) is 0 Å². The van der Waals surface area contributed by atoms with Crippen molar-refractivity contribution in [3.8, 4) is 0 Å². The third-order valence-electron chi connectivity index (χ3n) is 3.02. The third kappa shape index (κ3) is 6.77. The molecule has 2 rings (SSSR count). The molecule has 0 saturated carbocycles. The van der Waals surface area contributed by atoms with E-state index in [1.54, 1.807) is 24.3 Å². The van der Waals surface area contributed by atoms with Gasteiger partial charge in [-0.05, 0) is 30.7 Å². The second kappa shape index (κ2) is 10.3. The first kappa shape index (κ1) is 20.4. The number of hydrogen-bond donors (Lipinski definition) is 2. The van der Waals surface area contributed by atoms with Gasteiger partial charge in [0.2, 0.25) is 11.8 Å². The molecule has 0 aliphatic heterocycles. The quantitative estimate of drug-likeness (QED) is 0.457. The Balaban J connectivity index is 1.84. The lowest BCUT2D eigenvalue weighted by Crippen LogP contribution is -2.12. The van der Waals surface area contributed by atoms with Gasteiger partial charge in [0.15, 0.2) is 14.5 Å². The molecule has 10 heteroatoms. The van der Waals surface area contributed by atoms with Crippen LogP contribution in [-0.2, 0) is 9.59 Å². The first-order chi connectivity index (χ1) is 12.5. The predicted octanol–water partition coefficient (Wildman–Crippen LogP) is 2.83. The molecule has 0 fully saturated rings. The van der Waals surface area contributed by atoms with Gasteiger partial charge in [0.1, 0.15) is 0 Å². The maximum absolute atomic E-state index is 12.3. The SMILES string of the molecule is CCCC(=O)Nc1ccc(C(=O)CSc2nnc(SCC(N)=O)s2)cc1. The number of benzene rings is 1. The smallest absolute Gasteiger partial charge is 0.227 e. The summed E-state index contributed by atoms with van der Waals surface area (Å²) in [6.07, 6.45) is 1.26. The molecule has 0 unspecified atom stereocenters. The van der Waals surface area contributed by atoms with Crippen LogP contribution in [0, 0.1) is 0 Å². The molecule has 1 aromatic carbocycles. The van der Waals surface area contributed by atoms with Crippen molar-refractivity contribution in [1.29, 1.82) is 0 Å². The molecule has 138 valence electrons. The number of anilines is 1. The van der Waals surface area contributed by atoms with Crippen molar-refractivity contribution in [1.82, 2.24) is 10.2 Å². The van der Waals surface area contributed by atoms with Gasteiger partial charge in [-0.15, -0.1) is 10.2 Å². The maximum Gasteiger partial charge on any atom is 0.227 e. The summed E-state index contributed by atoms with van der Waals surface area (Å²) in [6, 6.07) is 6.82. The average Bonchev–Trinajstić information content (AvgIpc) is 3.06. The number of nitrogens with one attached hydrogen (secondary N) is 1. The van der Waals surface area contributed by atoms with Crippen LogP contribution in [0.5, 0.6) is 0 Å². The summed E-state index contributed by atoms with van der Waals surface area (Å²) in [5.41, 5.74) is 6.33. The molecule has 0 radical (unpaired) electrons. The van der Waals surface area contributed by atoms with Crippen molar-refractivity contribution in [3.63, 3.8) is 0 Å². The summed E-state index contributed by atoms with van der Waals surface area (Å²) in [6.45, 7) is 1.94. The topological polar surface area (TPSA) is 115 Å². The minimum Gasteiger partial charge on any atom is -0.369 e. The number of hydrogen-bond acceptors (Lipinski definition) is 8. The molecule has 26 heavy (non-hydrogen) atoms. The minimum atomic E-state index is -0.413. The van der Waals surface area contributed by atoms with E-state index in [0.717, 1.165) is 6.42 Å². The van der Waals surface area contributed by atoms with Crippen LogP contribution < -0.4 is 11.1 Å². The number of carbonyl (C=O) groups excluding carboxylic acids is 3. The lowest BCUT2D eigenvalue weighted by Gasteiger charge is -2.05.